The normalized spacial score (nSPS) is 50.0. The van der Waals surface area contributed by atoms with Crippen LogP contribution < -0.4 is 0 Å². The first kappa shape index (κ1) is 68.2. The third kappa shape index (κ3) is 12.4. The number of ketones is 1. The van der Waals surface area contributed by atoms with Crippen molar-refractivity contribution in [2.45, 2.75) is 298 Å². The Hall–Kier alpha value is -2.22. The first-order chi connectivity index (χ1) is 40.5. The van der Waals surface area contributed by atoms with Crippen LogP contribution in [0.4, 0.5) is 0 Å². The molecule has 0 aromatic carbocycles. The van der Waals surface area contributed by atoms with Crippen molar-refractivity contribution in [2.75, 3.05) is 35.0 Å². The van der Waals surface area contributed by atoms with E-state index in [1.807, 2.05) is 47.6 Å². The number of methoxy groups -OCH3 is 4. The molecule has 5 heterocycles. The Kier molecular flexibility index (Phi) is 21.2. The average molecular weight is 1230 g/mol. The van der Waals surface area contributed by atoms with E-state index < -0.39 is 187 Å². The molecule has 86 heavy (non-hydrogen) atoms. The van der Waals surface area contributed by atoms with E-state index in [1.54, 1.807) is 35.2 Å². The van der Waals surface area contributed by atoms with Crippen LogP contribution in [-0.2, 0) is 80.6 Å². The van der Waals surface area contributed by atoms with Gasteiger partial charge in [0.15, 0.2) is 37.2 Å². The molecule has 8 fully saturated rings. The van der Waals surface area contributed by atoms with E-state index in [2.05, 4.69) is 6.92 Å². The van der Waals surface area contributed by atoms with E-state index in [1.165, 1.54) is 20.1 Å². The first-order valence-corrected chi connectivity index (χ1v) is 31.1. The van der Waals surface area contributed by atoms with Crippen molar-refractivity contribution in [3.8, 4) is 0 Å². The Morgan fingerprint density at radius 3 is 1.55 bits per heavy atom. The number of allylic oxidation sites excluding steroid dienone is 1. The highest BCUT2D eigenvalue weighted by Crippen LogP contribution is 2.71. The van der Waals surface area contributed by atoms with Gasteiger partial charge in [-0.2, -0.15) is 0 Å². The molecule has 3 saturated carbocycles. The Balaban J connectivity index is 0.779. The second-order valence-corrected chi connectivity index (χ2v) is 26.7. The Bertz CT molecular complexity index is 2390. The van der Waals surface area contributed by atoms with Gasteiger partial charge in [-0.3, -0.25) is 4.79 Å². The van der Waals surface area contributed by atoms with Crippen molar-refractivity contribution in [1.82, 2.24) is 0 Å². The summed E-state index contributed by atoms with van der Waals surface area (Å²) >= 11 is 0. The third-order valence-electron chi connectivity index (χ3n) is 21.7. The second-order valence-electron chi connectivity index (χ2n) is 26.7. The number of ether oxygens (including phenoxy) is 15. The number of Topliss-reactive ketones (excluding diaryl/α,β-unsaturated/α-hetero) is 1. The highest BCUT2D eigenvalue weighted by Gasteiger charge is 2.81. The molecule has 4 aliphatic carbocycles. The van der Waals surface area contributed by atoms with Crippen molar-refractivity contribution in [2.24, 2.45) is 22.7 Å². The minimum absolute atomic E-state index is 0.0490. The maximum absolute atomic E-state index is 13.6. The summed E-state index contributed by atoms with van der Waals surface area (Å²) < 4.78 is 94.3. The molecule has 492 valence electrons. The van der Waals surface area contributed by atoms with Gasteiger partial charge in [0.2, 0.25) is 0 Å². The molecule has 3 unspecified atom stereocenters. The zero-order chi connectivity index (χ0) is 62.7. The molecule has 0 aromatic heterocycles. The average Bonchev–Trinajstić information content (AvgIpc) is 1.34. The maximum Gasteiger partial charge on any atom is 0.330 e. The van der Waals surface area contributed by atoms with E-state index in [0.717, 1.165) is 11.1 Å². The van der Waals surface area contributed by atoms with Crippen LogP contribution in [-0.4, -0.2) is 241 Å². The molecule has 29 atom stereocenters. The molecular formula is C62H100O24. The predicted molar refractivity (Wildman–Crippen MR) is 301 cm³/mol. The van der Waals surface area contributed by atoms with Gasteiger partial charge in [0.05, 0.1) is 67.0 Å². The lowest BCUT2D eigenvalue weighted by Gasteiger charge is -2.67. The number of aliphatic hydroxyl groups is 7. The van der Waals surface area contributed by atoms with Gasteiger partial charge in [-0.25, -0.2) is 4.79 Å². The van der Waals surface area contributed by atoms with Gasteiger partial charge in [-0.1, -0.05) is 38.0 Å². The Morgan fingerprint density at radius 1 is 0.640 bits per heavy atom. The lowest BCUT2D eigenvalue weighted by molar-refractivity contribution is -0.358. The number of carbonyl (C=O) groups excluding carboxylic acids is 2. The minimum Gasteiger partial charge on any atom is -0.458 e. The molecule has 24 heteroatoms. The van der Waals surface area contributed by atoms with Gasteiger partial charge < -0.3 is 107 Å². The summed E-state index contributed by atoms with van der Waals surface area (Å²) in [6.45, 7) is 17.6. The van der Waals surface area contributed by atoms with Gasteiger partial charge >= 0.3 is 5.97 Å². The van der Waals surface area contributed by atoms with Gasteiger partial charge in [-0.05, 0) is 105 Å². The number of aliphatic hydroxyl groups excluding tert-OH is 4. The highest BCUT2D eigenvalue weighted by molar-refractivity contribution is 5.87. The smallest absolute Gasteiger partial charge is 0.330 e. The molecule has 7 N–H and O–H groups in total. The Morgan fingerprint density at radius 2 is 1.10 bits per heavy atom. The summed E-state index contributed by atoms with van der Waals surface area (Å²) in [6, 6.07) is 0. The summed E-state index contributed by atoms with van der Waals surface area (Å²) in [6.07, 6.45) is -11.6. The molecule has 0 bridgehead atoms. The first-order valence-electron chi connectivity index (χ1n) is 31.1. The number of esters is 1. The quantitative estimate of drug-likeness (QED) is 0.0555. The summed E-state index contributed by atoms with van der Waals surface area (Å²) in [5.41, 5.74) is -6.22. The highest BCUT2D eigenvalue weighted by atomic mass is 16.8. The number of hydrogen-bond acceptors (Lipinski definition) is 24. The van der Waals surface area contributed by atoms with E-state index in [-0.39, 0.29) is 44.1 Å². The number of rotatable bonds is 19. The van der Waals surface area contributed by atoms with Crippen LogP contribution in [0.25, 0.3) is 0 Å². The summed E-state index contributed by atoms with van der Waals surface area (Å²) in [7, 11) is 6.35. The van der Waals surface area contributed by atoms with E-state index in [4.69, 9.17) is 71.1 Å². The van der Waals surface area contributed by atoms with Gasteiger partial charge in [-0.15, -0.1) is 0 Å². The van der Waals surface area contributed by atoms with Crippen LogP contribution in [0.15, 0.2) is 23.3 Å². The fourth-order valence-electron chi connectivity index (χ4n) is 16.1. The van der Waals surface area contributed by atoms with Crippen LogP contribution in [0.2, 0.25) is 0 Å². The van der Waals surface area contributed by atoms with Gasteiger partial charge in [0, 0.05) is 66.1 Å². The third-order valence-corrected chi connectivity index (χ3v) is 21.7. The largest absolute Gasteiger partial charge is 0.458 e. The van der Waals surface area contributed by atoms with Crippen molar-refractivity contribution >= 4 is 11.8 Å². The topological polar surface area (TPSA) is 314 Å². The van der Waals surface area contributed by atoms with Crippen molar-refractivity contribution < 1.29 is 116 Å². The lowest BCUT2D eigenvalue weighted by atomic mass is 9.42. The molecule has 9 aliphatic rings. The monoisotopic (exact) mass is 1230 g/mol. The lowest BCUT2D eigenvalue weighted by Crippen LogP contribution is -2.78. The number of hydrogen-bond donors (Lipinski definition) is 7. The zero-order valence-electron chi connectivity index (χ0n) is 52.6. The molecular weight excluding hydrogens is 1130 g/mol. The van der Waals surface area contributed by atoms with Crippen molar-refractivity contribution in [1.29, 1.82) is 0 Å². The summed E-state index contributed by atoms with van der Waals surface area (Å²) in [5, 5.41) is 79.0. The van der Waals surface area contributed by atoms with Gasteiger partial charge in [0.1, 0.15) is 71.7 Å². The molecule has 0 radical (unpaired) electrons. The van der Waals surface area contributed by atoms with Crippen molar-refractivity contribution in [3.05, 3.63) is 23.3 Å². The molecule has 0 aromatic rings. The van der Waals surface area contributed by atoms with Crippen molar-refractivity contribution in [3.63, 3.8) is 0 Å². The molecule has 9 rings (SSSR count). The Labute approximate surface area is 505 Å². The van der Waals surface area contributed by atoms with E-state index in [9.17, 15) is 45.3 Å². The van der Waals surface area contributed by atoms with Crippen LogP contribution in [0.5, 0.6) is 0 Å². The summed E-state index contributed by atoms with van der Waals surface area (Å²) in [5.74, 6) is -1.67. The van der Waals surface area contributed by atoms with E-state index in [0.29, 0.717) is 38.5 Å². The minimum atomic E-state index is -2.04. The molecule has 0 spiro atoms. The number of carbonyl (C=O) groups is 2. The molecule has 5 aliphatic heterocycles. The number of fused-ring (bicyclic) bond motifs is 5. The fraction of sp³-hybridized carbons (Fsp3) is 0.903. The standard InChI is InChI=1S/C62H100O24/c1-29(2)30(3)21-45(65)82-44-27-43-58(9)17-16-37(22-36(58)15-18-61(43,70)62(71)20-19-60(69,35(8)64)59(44,62)10)80-46-23-38(72-11)53(31(4)76-46)83-47-24-39(73-12)54(32(5)77-47)84-48-25-40(74-13)55(33(6)78-48)85-49-26-41(75-14)56(34(7)79-49)86-57-52(68)51(67)50(66)42(28-63)81-57/h15,21,29,31-34,37-44,46-57,63,66-71H,16-20,22-28H2,1-14H3/b30-21-/t31-,32-,33-,34+,37?,38+,39-,40+,41-,42-,43?,44-,46?,47+,48+,49+,50-,51+,52-,53-,54-,55-,56+,57+,58+,59-,60-,61+,62-/m1/s1. The van der Waals surface area contributed by atoms with Crippen LogP contribution >= 0.6 is 0 Å². The van der Waals surface area contributed by atoms with Crippen LogP contribution in [0.1, 0.15) is 140 Å². The predicted octanol–water partition coefficient (Wildman–Crippen LogP) is 2.95. The molecule has 24 nitrogen and oxygen atoms in total. The van der Waals surface area contributed by atoms with E-state index >= 15 is 0 Å². The maximum atomic E-state index is 13.6. The van der Waals surface area contributed by atoms with Gasteiger partial charge in [0.25, 0.3) is 0 Å². The zero-order valence-corrected chi connectivity index (χ0v) is 52.6. The molecule has 5 saturated heterocycles. The second kappa shape index (κ2) is 26.8. The van der Waals surface area contributed by atoms with Crippen LogP contribution in [0, 0.1) is 22.7 Å². The SMILES string of the molecule is CO[C@H]1CC(OC2CC[C@@]3(C)C(=CC[C@]4(O)C3C[C@@H](OC(=O)/C=C(/C)C(C)C)[C@@]3(C)[C@]4(O)CC[C@@]3(O)C(C)=O)C2)O[C@H](C)[C@H]1O[C@H]1C[C@@H](OC)[C@H](O[C@H]2C[C@H](OC)[C@H](O[C@H]3C[C@@H](OC)[C@@H](O[C@@H]4O[C@H](CO)[C@@H](O)[C@H](O)[C@H]4O)[C@H](C)O3)[C@@H](C)O2)[C@@H](C)O1. The molecule has 0 amide bonds. The van der Waals surface area contributed by atoms with Crippen LogP contribution in [0.3, 0.4) is 0 Å². The fourth-order valence-corrected chi connectivity index (χ4v) is 16.1. The summed E-state index contributed by atoms with van der Waals surface area (Å²) in [4.78, 5) is 27.0.